The highest BCUT2D eigenvalue weighted by molar-refractivity contribution is 5.86. The van der Waals surface area contributed by atoms with Crippen molar-refractivity contribution in [3.8, 4) is 6.07 Å². The SMILES string of the molecule is N#Cc1cc(N2CCC(CN)C2)nc2ccccc12. The lowest BCUT2D eigenvalue weighted by atomic mass is 10.1. The van der Waals surface area contributed by atoms with Gasteiger partial charge in [0.2, 0.25) is 0 Å². The van der Waals surface area contributed by atoms with Crippen LogP contribution in [0, 0.1) is 17.2 Å². The van der Waals surface area contributed by atoms with Gasteiger partial charge in [0, 0.05) is 18.5 Å². The van der Waals surface area contributed by atoms with E-state index >= 15 is 0 Å². The van der Waals surface area contributed by atoms with Crippen molar-refractivity contribution in [1.29, 1.82) is 5.26 Å². The Morgan fingerprint density at radius 1 is 1.42 bits per heavy atom. The second kappa shape index (κ2) is 4.87. The third-order valence-electron chi connectivity index (χ3n) is 3.77. The Morgan fingerprint density at radius 3 is 3.00 bits per heavy atom. The summed E-state index contributed by atoms with van der Waals surface area (Å²) in [5, 5.41) is 10.2. The zero-order chi connectivity index (χ0) is 13.2. The van der Waals surface area contributed by atoms with Gasteiger partial charge in [0.05, 0.1) is 17.1 Å². The van der Waals surface area contributed by atoms with Crippen molar-refractivity contribution in [3.63, 3.8) is 0 Å². The summed E-state index contributed by atoms with van der Waals surface area (Å²) < 4.78 is 0. The largest absolute Gasteiger partial charge is 0.356 e. The van der Waals surface area contributed by atoms with E-state index in [1.807, 2.05) is 30.3 Å². The van der Waals surface area contributed by atoms with Gasteiger partial charge in [-0.05, 0) is 31.0 Å². The standard InChI is InChI=1S/C15H16N4/c16-8-11-5-6-19(10-11)15-7-12(9-17)13-3-1-2-4-14(13)18-15/h1-4,7,11H,5-6,8,10,16H2. The van der Waals surface area contributed by atoms with E-state index in [1.54, 1.807) is 0 Å². The maximum absolute atomic E-state index is 9.28. The zero-order valence-electron chi connectivity index (χ0n) is 10.7. The molecule has 0 bridgehead atoms. The normalized spacial score (nSPS) is 18.7. The third-order valence-corrected chi connectivity index (χ3v) is 3.77. The summed E-state index contributed by atoms with van der Waals surface area (Å²) in [5.41, 5.74) is 7.29. The van der Waals surface area contributed by atoms with Crippen molar-refractivity contribution in [2.24, 2.45) is 11.7 Å². The smallest absolute Gasteiger partial charge is 0.130 e. The number of pyridine rings is 1. The highest BCUT2D eigenvalue weighted by atomic mass is 15.2. The van der Waals surface area contributed by atoms with Crippen LogP contribution < -0.4 is 10.6 Å². The number of rotatable bonds is 2. The van der Waals surface area contributed by atoms with Gasteiger partial charge in [0.25, 0.3) is 0 Å². The summed E-state index contributed by atoms with van der Waals surface area (Å²) in [6, 6.07) is 11.9. The van der Waals surface area contributed by atoms with Crippen LogP contribution in [-0.2, 0) is 0 Å². The molecule has 3 rings (SSSR count). The Morgan fingerprint density at radius 2 is 2.26 bits per heavy atom. The first-order valence-corrected chi connectivity index (χ1v) is 6.56. The molecule has 1 saturated heterocycles. The average molecular weight is 252 g/mol. The van der Waals surface area contributed by atoms with Crippen molar-refractivity contribution in [3.05, 3.63) is 35.9 Å². The molecule has 4 nitrogen and oxygen atoms in total. The second-order valence-electron chi connectivity index (χ2n) is 4.99. The van der Waals surface area contributed by atoms with E-state index < -0.39 is 0 Å². The fraction of sp³-hybridized carbons (Fsp3) is 0.333. The fourth-order valence-corrected chi connectivity index (χ4v) is 2.65. The molecule has 1 fully saturated rings. The molecule has 4 heteroatoms. The molecular weight excluding hydrogens is 236 g/mol. The van der Waals surface area contributed by atoms with Gasteiger partial charge >= 0.3 is 0 Å². The topological polar surface area (TPSA) is 65.9 Å². The van der Waals surface area contributed by atoms with Gasteiger partial charge in [0.15, 0.2) is 0 Å². The number of aromatic nitrogens is 1. The van der Waals surface area contributed by atoms with E-state index in [0.29, 0.717) is 11.5 Å². The highest BCUT2D eigenvalue weighted by Crippen LogP contribution is 2.26. The molecule has 96 valence electrons. The zero-order valence-corrected chi connectivity index (χ0v) is 10.7. The highest BCUT2D eigenvalue weighted by Gasteiger charge is 2.23. The molecule has 19 heavy (non-hydrogen) atoms. The van der Waals surface area contributed by atoms with Gasteiger partial charge in [-0.3, -0.25) is 0 Å². The molecule has 0 radical (unpaired) electrons. The lowest BCUT2D eigenvalue weighted by Crippen LogP contribution is -2.23. The van der Waals surface area contributed by atoms with Crippen LogP contribution in [0.4, 0.5) is 5.82 Å². The van der Waals surface area contributed by atoms with Crippen molar-refractivity contribution in [2.75, 3.05) is 24.5 Å². The lowest BCUT2D eigenvalue weighted by molar-refractivity contribution is 0.602. The molecule has 2 heterocycles. The summed E-state index contributed by atoms with van der Waals surface area (Å²) in [4.78, 5) is 6.90. The first-order valence-electron chi connectivity index (χ1n) is 6.56. The molecule has 0 aliphatic carbocycles. The minimum atomic E-state index is 0.541. The quantitative estimate of drug-likeness (QED) is 0.886. The van der Waals surface area contributed by atoms with Gasteiger partial charge in [-0.1, -0.05) is 18.2 Å². The minimum absolute atomic E-state index is 0.541. The number of nitriles is 1. The Hall–Kier alpha value is -2.12. The molecule has 1 aromatic heterocycles. The van der Waals surface area contributed by atoms with Crippen LogP contribution in [-0.4, -0.2) is 24.6 Å². The van der Waals surface area contributed by atoms with Crippen LogP contribution in [0.1, 0.15) is 12.0 Å². The molecule has 0 amide bonds. The van der Waals surface area contributed by atoms with E-state index in [2.05, 4.69) is 16.0 Å². The summed E-state index contributed by atoms with van der Waals surface area (Å²) in [6.07, 6.45) is 1.10. The number of fused-ring (bicyclic) bond motifs is 1. The van der Waals surface area contributed by atoms with Gasteiger partial charge in [-0.25, -0.2) is 4.98 Å². The summed E-state index contributed by atoms with van der Waals surface area (Å²) in [5.74, 6) is 1.44. The first kappa shape index (κ1) is 11.9. The monoisotopic (exact) mass is 252 g/mol. The van der Waals surface area contributed by atoms with Crippen molar-refractivity contribution in [2.45, 2.75) is 6.42 Å². The summed E-state index contributed by atoms with van der Waals surface area (Å²) >= 11 is 0. The Labute approximate surface area is 112 Å². The molecule has 0 saturated carbocycles. The predicted octanol–water partition coefficient (Wildman–Crippen LogP) is 1.89. The maximum Gasteiger partial charge on any atom is 0.130 e. The molecule has 1 unspecified atom stereocenters. The molecule has 2 aromatic rings. The van der Waals surface area contributed by atoms with Gasteiger partial charge < -0.3 is 10.6 Å². The Balaban J connectivity index is 2.04. The number of hydrogen-bond acceptors (Lipinski definition) is 4. The van der Waals surface area contributed by atoms with Crippen LogP contribution >= 0.6 is 0 Å². The fourth-order valence-electron chi connectivity index (χ4n) is 2.65. The van der Waals surface area contributed by atoms with Crippen LogP contribution in [0.5, 0.6) is 0 Å². The minimum Gasteiger partial charge on any atom is -0.356 e. The predicted molar refractivity (Wildman–Crippen MR) is 75.8 cm³/mol. The van der Waals surface area contributed by atoms with Crippen LogP contribution in [0.25, 0.3) is 10.9 Å². The average Bonchev–Trinajstić information content (AvgIpc) is 2.95. The van der Waals surface area contributed by atoms with E-state index in [0.717, 1.165) is 42.8 Å². The number of hydrogen-bond donors (Lipinski definition) is 1. The Bertz CT molecular complexity index is 644. The molecule has 2 N–H and O–H groups in total. The number of para-hydroxylation sites is 1. The molecule has 0 spiro atoms. The summed E-state index contributed by atoms with van der Waals surface area (Å²) in [7, 11) is 0. The van der Waals surface area contributed by atoms with Crippen LogP contribution in [0.3, 0.4) is 0 Å². The second-order valence-corrected chi connectivity index (χ2v) is 4.99. The van der Waals surface area contributed by atoms with Crippen LogP contribution in [0.15, 0.2) is 30.3 Å². The molecule has 1 aliphatic heterocycles. The Kier molecular flexibility index (Phi) is 3.06. The van der Waals surface area contributed by atoms with Gasteiger partial charge in [-0.15, -0.1) is 0 Å². The summed E-state index contributed by atoms with van der Waals surface area (Å²) in [6.45, 7) is 2.62. The van der Waals surface area contributed by atoms with E-state index in [4.69, 9.17) is 5.73 Å². The van der Waals surface area contributed by atoms with Crippen molar-refractivity contribution in [1.82, 2.24) is 4.98 Å². The van der Waals surface area contributed by atoms with Gasteiger partial charge in [-0.2, -0.15) is 5.26 Å². The number of benzene rings is 1. The van der Waals surface area contributed by atoms with Crippen molar-refractivity contribution < 1.29 is 0 Å². The first-order chi connectivity index (χ1) is 9.31. The molecule has 1 aliphatic rings. The number of nitrogens with zero attached hydrogens (tertiary/aromatic N) is 3. The maximum atomic E-state index is 9.28. The number of anilines is 1. The van der Waals surface area contributed by atoms with Gasteiger partial charge in [0.1, 0.15) is 5.82 Å². The van der Waals surface area contributed by atoms with E-state index in [1.165, 1.54) is 0 Å². The van der Waals surface area contributed by atoms with Crippen LogP contribution in [0.2, 0.25) is 0 Å². The molecule has 1 aromatic carbocycles. The molecule has 1 atom stereocenters. The third kappa shape index (κ3) is 2.13. The van der Waals surface area contributed by atoms with E-state index in [-0.39, 0.29) is 0 Å². The number of nitrogens with two attached hydrogens (primary N) is 1. The molecular formula is C15H16N4. The van der Waals surface area contributed by atoms with E-state index in [9.17, 15) is 5.26 Å². The lowest BCUT2D eigenvalue weighted by Gasteiger charge is -2.18. The van der Waals surface area contributed by atoms with Crippen molar-refractivity contribution >= 4 is 16.7 Å².